The van der Waals surface area contributed by atoms with Gasteiger partial charge in [-0.05, 0) is 60.3 Å². The first-order valence-electron chi connectivity index (χ1n) is 8.87. The van der Waals surface area contributed by atoms with Gasteiger partial charge < -0.3 is 14.6 Å². The van der Waals surface area contributed by atoms with Crippen LogP contribution in [0.15, 0.2) is 53.4 Å². The van der Waals surface area contributed by atoms with Gasteiger partial charge in [-0.15, -0.1) is 0 Å². The number of nitrogens with one attached hydrogen (secondary N) is 1. The number of methoxy groups -OCH3 is 1. The highest BCUT2D eigenvalue weighted by molar-refractivity contribution is 8.00. The molecule has 3 aromatic rings. The first-order chi connectivity index (χ1) is 14.2. The molecule has 0 aliphatic rings. The monoisotopic (exact) mass is 453 g/mol. The lowest BCUT2D eigenvalue weighted by molar-refractivity contribution is -0.137. The van der Waals surface area contributed by atoms with Gasteiger partial charge in [0.1, 0.15) is 0 Å². The summed E-state index contributed by atoms with van der Waals surface area (Å²) in [7, 11) is 1.53. The van der Waals surface area contributed by atoms with Crippen molar-refractivity contribution in [1.82, 2.24) is 0 Å². The van der Waals surface area contributed by atoms with Crippen LogP contribution in [0.1, 0.15) is 28.4 Å². The SMILES string of the molecule is CCc1ccc(C(=O)O)cc1SNc1cc(C(F)(F)F)ccc1-c1ccc(OC)s1. The zero-order valence-electron chi connectivity index (χ0n) is 16.0. The molecule has 0 atom stereocenters. The summed E-state index contributed by atoms with van der Waals surface area (Å²) in [5, 5.41) is 9.88. The molecule has 158 valence electrons. The van der Waals surface area contributed by atoms with E-state index in [9.17, 15) is 23.1 Å². The van der Waals surface area contributed by atoms with Crippen LogP contribution in [0.3, 0.4) is 0 Å². The van der Waals surface area contributed by atoms with Crippen LogP contribution in [0.5, 0.6) is 5.06 Å². The van der Waals surface area contributed by atoms with Crippen LogP contribution in [0.2, 0.25) is 0 Å². The number of benzene rings is 2. The predicted molar refractivity (Wildman–Crippen MR) is 114 cm³/mol. The fraction of sp³-hybridized carbons (Fsp3) is 0.190. The van der Waals surface area contributed by atoms with Gasteiger partial charge >= 0.3 is 12.1 Å². The van der Waals surface area contributed by atoms with Crippen LogP contribution in [-0.2, 0) is 12.6 Å². The smallest absolute Gasteiger partial charge is 0.416 e. The summed E-state index contributed by atoms with van der Waals surface area (Å²) in [5.74, 6) is -1.06. The molecule has 30 heavy (non-hydrogen) atoms. The highest BCUT2D eigenvalue weighted by atomic mass is 32.2. The minimum Gasteiger partial charge on any atom is -0.487 e. The van der Waals surface area contributed by atoms with E-state index in [1.165, 1.54) is 36.6 Å². The van der Waals surface area contributed by atoms with Crippen molar-refractivity contribution in [1.29, 1.82) is 0 Å². The van der Waals surface area contributed by atoms with Crippen molar-refractivity contribution in [3.63, 3.8) is 0 Å². The summed E-state index contributed by atoms with van der Waals surface area (Å²) in [5.41, 5.74) is 1.11. The Labute approximate surface area is 179 Å². The van der Waals surface area contributed by atoms with Crippen LogP contribution in [0.4, 0.5) is 18.9 Å². The van der Waals surface area contributed by atoms with Crippen molar-refractivity contribution >= 4 is 34.9 Å². The van der Waals surface area contributed by atoms with E-state index in [1.54, 1.807) is 18.2 Å². The lowest BCUT2D eigenvalue weighted by Gasteiger charge is -2.15. The van der Waals surface area contributed by atoms with Crippen molar-refractivity contribution in [3.8, 4) is 15.5 Å². The normalized spacial score (nSPS) is 11.4. The molecule has 0 saturated carbocycles. The summed E-state index contributed by atoms with van der Waals surface area (Å²) in [6.07, 6.45) is -3.83. The molecule has 0 amide bonds. The second-order valence-corrected chi connectivity index (χ2v) is 8.16. The Bertz CT molecular complexity index is 1060. The Morgan fingerprint density at radius 3 is 2.53 bits per heavy atom. The van der Waals surface area contributed by atoms with Gasteiger partial charge in [-0.2, -0.15) is 13.2 Å². The number of carboxylic acids is 1. The van der Waals surface area contributed by atoms with Crippen LogP contribution >= 0.6 is 23.3 Å². The molecule has 1 aromatic heterocycles. The Hall–Kier alpha value is -2.65. The molecule has 0 radical (unpaired) electrons. The summed E-state index contributed by atoms with van der Waals surface area (Å²) in [6, 6.07) is 11.8. The van der Waals surface area contributed by atoms with Gasteiger partial charge in [0.25, 0.3) is 0 Å². The van der Waals surface area contributed by atoms with Crippen LogP contribution in [0, 0.1) is 0 Å². The Kier molecular flexibility index (Phi) is 6.62. The van der Waals surface area contributed by atoms with E-state index in [4.69, 9.17) is 4.74 Å². The summed E-state index contributed by atoms with van der Waals surface area (Å²) in [4.78, 5) is 12.7. The average molecular weight is 454 g/mol. The lowest BCUT2D eigenvalue weighted by atomic mass is 10.1. The number of ether oxygens (including phenoxy) is 1. The fourth-order valence-corrected chi connectivity index (χ4v) is 4.56. The third kappa shape index (κ3) is 4.91. The molecule has 9 heteroatoms. The molecule has 0 aliphatic heterocycles. The fourth-order valence-electron chi connectivity index (χ4n) is 2.78. The zero-order chi connectivity index (χ0) is 21.9. The molecule has 0 aliphatic carbocycles. The van der Waals surface area contributed by atoms with Gasteiger partial charge in [-0.25, -0.2) is 4.79 Å². The molecule has 2 N–H and O–H groups in total. The van der Waals surface area contributed by atoms with Crippen molar-refractivity contribution in [3.05, 3.63) is 65.2 Å². The minimum absolute atomic E-state index is 0.115. The molecule has 3 rings (SSSR count). The van der Waals surface area contributed by atoms with Crippen molar-refractivity contribution in [2.24, 2.45) is 0 Å². The third-order valence-corrected chi connectivity index (χ3v) is 6.36. The van der Waals surface area contributed by atoms with E-state index in [0.29, 0.717) is 21.9 Å². The number of aryl methyl sites for hydroxylation is 1. The topological polar surface area (TPSA) is 58.6 Å². The maximum Gasteiger partial charge on any atom is 0.416 e. The van der Waals surface area contributed by atoms with Gasteiger partial charge in [0.2, 0.25) is 0 Å². The van der Waals surface area contributed by atoms with Gasteiger partial charge in [-0.3, -0.25) is 0 Å². The van der Waals surface area contributed by atoms with Crippen molar-refractivity contribution in [2.45, 2.75) is 24.4 Å². The van der Waals surface area contributed by atoms with Crippen LogP contribution in [-0.4, -0.2) is 18.2 Å². The first kappa shape index (κ1) is 22.0. The van der Waals surface area contributed by atoms with E-state index >= 15 is 0 Å². The summed E-state index contributed by atoms with van der Waals surface area (Å²) >= 11 is 2.41. The molecule has 0 spiro atoms. The molecule has 0 saturated heterocycles. The molecule has 0 unspecified atom stereocenters. The second kappa shape index (κ2) is 9.01. The number of hydrogen-bond donors (Lipinski definition) is 2. The molecule has 0 bridgehead atoms. The number of anilines is 1. The number of halogens is 3. The number of carboxylic acid groups (broad SMARTS) is 1. The first-order valence-corrected chi connectivity index (χ1v) is 10.5. The minimum atomic E-state index is -4.48. The second-order valence-electron chi connectivity index (χ2n) is 6.27. The standard InChI is InChI=1S/C21H18F3NO3S2/c1-3-12-4-5-13(20(26)27)10-18(12)30-25-16-11-14(21(22,23)24)6-7-15(16)17-8-9-19(28-2)29-17/h4-11,25H,3H2,1-2H3,(H,26,27). The van der Waals surface area contributed by atoms with Crippen LogP contribution in [0.25, 0.3) is 10.4 Å². The third-order valence-electron chi connectivity index (χ3n) is 4.36. The molecule has 2 aromatic carbocycles. The van der Waals surface area contributed by atoms with Gasteiger partial charge in [0.15, 0.2) is 5.06 Å². The van der Waals surface area contributed by atoms with Gasteiger partial charge in [0.05, 0.1) is 23.9 Å². The largest absolute Gasteiger partial charge is 0.487 e. The lowest BCUT2D eigenvalue weighted by Crippen LogP contribution is -2.06. The van der Waals surface area contributed by atoms with E-state index in [2.05, 4.69) is 4.72 Å². The highest BCUT2D eigenvalue weighted by Crippen LogP contribution is 2.41. The number of hydrogen-bond acceptors (Lipinski definition) is 5. The van der Waals surface area contributed by atoms with E-state index < -0.39 is 17.7 Å². The van der Waals surface area contributed by atoms with Crippen molar-refractivity contribution < 1.29 is 27.8 Å². The number of alkyl halides is 3. The number of carbonyl (C=O) groups is 1. The molecule has 1 heterocycles. The maximum atomic E-state index is 13.3. The van der Waals surface area contributed by atoms with Crippen molar-refractivity contribution in [2.75, 3.05) is 11.8 Å². The highest BCUT2D eigenvalue weighted by Gasteiger charge is 2.31. The Morgan fingerprint density at radius 1 is 1.17 bits per heavy atom. The van der Waals surface area contributed by atoms with Gasteiger partial charge in [-0.1, -0.05) is 30.4 Å². The number of rotatable bonds is 7. The Morgan fingerprint density at radius 2 is 1.93 bits per heavy atom. The number of thiophene rings is 1. The average Bonchev–Trinajstić information content (AvgIpc) is 3.20. The molecular weight excluding hydrogens is 435 g/mol. The zero-order valence-corrected chi connectivity index (χ0v) is 17.7. The van der Waals surface area contributed by atoms with E-state index in [0.717, 1.165) is 34.5 Å². The Balaban J connectivity index is 1.99. The van der Waals surface area contributed by atoms with E-state index in [-0.39, 0.29) is 11.3 Å². The predicted octanol–water partition coefficient (Wildman–Crippen LogP) is 6.82. The molecule has 4 nitrogen and oxygen atoms in total. The summed E-state index contributed by atoms with van der Waals surface area (Å²) in [6.45, 7) is 1.92. The van der Waals surface area contributed by atoms with E-state index in [1.807, 2.05) is 6.92 Å². The number of aromatic carboxylic acids is 1. The molecule has 0 fully saturated rings. The molecular formula is C21H18F3NO3S2. The quantitative estimate of drug-likeness (QED) is 0.384. The van der Waals surface area contributed by atoms with Crippen LogP contribution < -0.4 is 9.46 Å². The summed E-state index contributed by atoms with van der Waals surface area (Å²) < 4.78 is 48.0. The maximum absolute atomic E-state index is 13.3. The van der Waals surface area contributed by atoms with Gasteiger partial charge in [0, 0.05) is 15.3 Å².